The molecule has 2 saturated heterocycles. The van der Waals surface area contributed by atoms with Crippen molar-refractivity contribution in [3.05, 3.63) is 65.4 Å². The van der Waals surface area contributed by atoms with E-state index in [4.69, 9.17) is 4.74 Å². The van der Waals surface area contributed by atoms with Crippen LogP contribution in [0.4, 0.5) is 4.79 Å². The second kappa shape index (κ2) is 9.72. The van der Waals surface area contributed by atoms with Crippen molar-refractivity contribution in [2.75, 3.05) is 46.4 Å². The van der Waals surface area contributed by atoms with E-state index in [0.717, 1.165) is 66.2 Å². The maximum absolute atomic E-state index is 14.0. The zero-order chi connectivity index (χ0) is 27.3. The summed E-state index contributed by atoms with van der Waals surface area (Å²) in [6, 6.07) is 15.2. The molecular formula is C30H35N5O4. The van der Waals surface area contributed by atoms with Crippen molar-refractivity contribution >= 4 is 28.7 Å². The molecule has 9 heteroatoms. The van der Waals surface area contributed by atoms with E-state index in [9.17, 15) is 14.4 Å². The number of nitrogens with one attached hydrogen (secondary N) is 1. The van der Waals surface area contributed by atoms with Crippen molar-refractivity contribution in [2.24, 2.45) is 0 Å². The van der Waals surface area contributed by atoms with E-state index in [-0.39, 0.29) is 17.8 Å². The van der Waals surface area contributed by atoms with E-state index in [1.165, 1.54) is 4.90 Å². The minimum absolute atomic E-state index is 0.108. The van der Waals surface area contributed by atoms with Crippen LogP contribution in [0.3, 0.4) is 0 Å². The zero-order valence-corrected chi connectivity index (χ0v) is 22.8. The number of piperazine rings is 1. The van der Waals surface area contributed by atoms with E-state index in [1.807, 2.05) is 60.4 Å². The second-order valence-corrected chi connectivity index (χ2v) is 11.0. The lowest BCUT2D eigenvalue weighted by atomic mass is 9.81. The number of nitrogens with zero attached hydrogens (tertiary/aromatic N) is 4. The average molecular weight is 530 g/mol. The number of hydrogen-bond donors (Lipinski definition) is 1. The Morgan fingerprint density at radius 3 is 2.49 bits per heavy atom. The molecule has 2 aromatic carbocycles. The molecule has 1 N–H and O–H groups in total. The summed E-state index contributed by atoms with van der Waals surface area (Å²) < 4.78 is 5.50. The molecule has 0 unspecified atom stereocenters. The molecule has 2 atom stereocenters. The molecule has 0 saturated carbocycles. The molecule has 6 rings (SSSR count). The number of fused-ring (bicyclic) bond motifs is 4. The fraction of sp³-hybridized carbons (Fsp3) is 0.433. The Bertz CT molecular complexity index is 1430. The van der Waals surface area contributed by atoms with Gasteiger partial charge in [-0.1, -0.05) is 30.3 Å². The van der Waals surface area contributed by atoms with E-state index in [1.54, 1.807) is 18.9 Å². The maximum Gasteiger partial charge on any atom is 0.328 e. The summed E-state index contributed by atoms with van der Waals surface area (Å²) in [7, 11) is 1.65. The van der Waals surface area contributed by atoms with Crippen LogP contribution in [0.2, 0.25) is 0 Å². The predicted octanol–water partition coefficient (Wildman–Crippen LogP) is 3.40. The number of methoxy groups -OCH3 is 1. The molecule has 4 heterocycles. The lowest BCUT2D eigenvalue weighted by molar-refractivity contribution is -0.133. The summed E-state index contributed by atoms with van der Waals surface area (Å²) in [5, 5.41) is 1.02. The van der Waals surface area contributed by atoms with Gasteiger partial charge in [0.25, 0.3) is 5.91 Å². The summed E-state index contributed by atoms with van der Waals surface area (Å²) in [5.41, 5.74) is 2.95. The smallest absolute Gasteiger partial charge is 0.328 e. The first-order chi connectivity index (χ1) is 18.8. The number of H-pyrrole nitrogens is 1. The topological polar surface area (TPSA) is 89.2 Å². The van der Waals surface area contributed by atoms with Crippen LogP contribution >= 0.6 is 0 Å². The summed E-state index contributed by atoms with van der Waals surface area (Å²) in [6.45, 7) is 7.74. The average Bonchev–Trinajstić information content (AvgIpc) is 3.39. The zero-order valence-electron chi connectivity index (χ0n) is 22.8. The number of urea groups is 1. The van der Waals surface area contributed by atoms with Gasteiger partial charge < -0.3 is 14.6 Å². The van der Waals surface area contributed by atoms with Gasteiger partial charge in [-0.25, -0.2) is 4.79 Å². The molecule has 0 aliphatic carbocycles. The van der Waals surface area contributed by atoms with Crippen LogP contribution in [-0.4, -0.2) is 94.3 Å². The highest BCUT2D eigenvalue weighted by molar-refractivity contribution is 6.08. The number of hydrogen-bond acceptors (Lipinski definition) is 5. The first kappa shape index (κ1) is 25.4. The van der Waals surface area contributed by atoms with E-state index in [2.05, 4.69) is 9.88 Å². The van der Waals surface area contributed by atoms with Gasteiger partial charge in [-0.05, 0) is 49.2 Å². The third-order valence-corrected chi connectivity index (χ3v) is 8.66. The van der Waals surface area contributed by atoms with Gasteiger partial charge >= 0.3 is 6.03 Å². The van der Waals surface area contributed by atoms with Crippen LogP contribution in [0.25, 0.3) is 10.9 Å². The van der Waals surface area contributed by atoms with Gasteiger partial charge in [0.15, 0.2) is 0 Å². The minimum atomic E-state index is -0.990. The van der Waals surface area contributed by atoms with E-state index >= 15 is 0 Å². The largest absolute Gasteiger partial charge is 0.497 e. The number of imide groups is 1. The highest BCUT2D eigenvalue weighted by atomic mass is 16.5. The van der Waals surface area contributed by atoms with Gasteiger partial charge in [0.2, 0.25) is 5.91 Å². The lowest BCUT2D eigenvalue weighted by Crippen LogP contribution is -2.53. The van der Waals surface area contributed by atoms with Gasteiger partial charge in [0.1, 0.15) is 17.3 Å². The van der Waals surface area contributed by atoms with Gasteiger partial charge in [-0.3, -0.25) is 24.3 Å². The van der Waals surface area contributed by atoms with Gasteiger partial charge in [-0.2, -0.15) is 0 Å². The molecule has 9 nitrogen and oxygen atoms in total. The quantitative estimate of drug-likeness (QED) is 0.495. The van der Waals surface area contributed by atoms with Crippen LogP contribution in [0, 0.1) is 0 Å². The lowest BCUT2D eigenvalue weighted by Gasteiger charge is -2.42. The molecular weight excluding hydrogens is 494 g/mol. The Labute approximate surface area is 228 Å². The summed E-state index contributed by atoms with van der Waals surface area (Å²) in [6.07, 6.45) is 1.13. The van der Waals surface area contributed by atoms with Crippen molar-refractivity contribution in [2.45, 2.75) is 38.3 Å². The van der Waals surface area contributed by atoms with Crippen molar-refractivity contribution in [3.63, 3.8) is 0 Å². The Balaban J connectivity index is 1.29. The summed E-state index contributed by atoms with van der Waals surface area (Å²) >= 11 is 0. The van der Waals surface area contributed by atoms with Crippen LogP contribution in [0.15, 0.2) is 48.5 Å². The fourth-order valence-electron chi connectivity index (χ4n) is 6.54. The molecule has 0 spiro atoms. The van der Waals surface area contributed by atoms with Gasteiger partial charge in [0.05, 0.1) is 7.11 Å². The first-order valence-electron chi connectivity index (χ1n) is 13.7. The number of aromatic amines is 1. The molecule has 204 valence electrons. The molecule has 2 fully saturated rings. The van der Waals surface area contributed by atoms with Crippen molar-refractivity contribution in [1.29, 1.82) is 0 Å². The van der Waals surface area contributed by atoms with Gasteiger partial charge in [0, 0.05) is 62.7 Å². The molecule has 0 radical (unpaired) electrons. The Kier molecular flexibility index (Phi) is 6.33. The number of ether oxygens (including phenoxy) is 1. The summed E-state index contributed by atoms with van der Waals surface area (Å²) in [4.78, 5) is 50.6. The number of rotatable bonds is 6. The van der Waals surface area contributed by atoms with Crippen LogP contribution in [-0.2, 0) is 16.0 Å². The molecule has 3 aliphatic rings. The highest BCUT2D eigenvalue weighted by Gasteiger charge is 2.60. The van der Waals surface area contributed by atoms with Crippen molar-refractivity contribution < 1.29 is 19.1 Å². The number of carbonyl (C=O) groups is 3. The minimum Gasteiger partial charge on any atom is -0.497 e. The highest BCUT2D eigenvalue weighted by Crippen LogP contribution is 2.49. The normalized spacial score (nSPS) is 23.4. The molecule has 4 amide bonds. The number of aromatic nitrogens is 1. The Morgan fingerprint density at radius 2 is 1.79 bits per heavy atom. The monoisotopic (exact) mass is 529 g/mol. The van der Waals surface area contributed by atoms with Crippen LogP contribution < -0.4 is 4.74 Å². The molecule has 1 aromatic heterocycles. The third kappa shape index (κ3) is 4.16. The molecule has 0 bridgehead atoms. The standard InChI is InChI=1S/C30H35N5O4/c1-20(36)33-16-14-32(15-17-33)12-7-13-34-28(37)30(2)19-24-23-18-22(39-3)10-11-25(23)31-26(24)27(35(30)29(34)38)21-8-5-4-6-9-21/h4-6,8-11,18,27,31H,7,12-17,19H2,1-3H3/t27-,30+/m1/s1. The van der Waals surface area contributed by atoms with E-state index < -0.39 is 11.6 Å². The Morgan fingerprint density at radius 1 is 1.05 bits per heavy atom. The third-order valence-electron chi connectivity index (χ3n) is 8.66. The van der Waals surface area contributed by atoms with Crippen LogP contribution in [0.5, 0.6) is 5.75 Å². The molecule has 39 heavy (non-hydrogen) atoms. The van der Waals surface area contributed by atoms with Gasteiger partial charge in [-0.15, -0.1) is 0 Å². The fourth-order valence-corrected chi connectivity index (χ4v) is 6.54. The van der Waals surface area contributed by atoms with Crippen molar-refractivity contribution in [3.8, 4) is 5.75 Å². The SMILES string of the molecule is COc1ccc2[nH]c3c(c2c1)C[C@@]1(C)C(=O)N(CCCN2CCN(C(C)=O)CC2)C(=O)N1[C@@H]3c1ccccc1. The van der Waals surface area contributed by atoms with Crippen LogP contribution in [0.1, 0.15) is 43.1 Å². The van der Waals surface area contributed by atoms with E-state index in [0.29, 0.717) is 19.4 Å². The predicted molar refractivity (Wildman–Crippen MR) is 148 cm³/mol. The number of benzene rings is 2. The number of carbonyl (C=O) groups excluding carboxylic acids is 3. The maximum atomic E-state index is 14.0. The molecule has 3 aromatic rings. The first-order valence-corrected chi connectivity index (χ1v) is 13.7. The molecule has 3 aliphatic heterocycles. The summed E-state index contributed by atoms with van der Waals surface area (Å²) in [5.74, 6) is 0.724. The Hall–Kier alpha value is -3.85. The van der Waals surface area contributed by atoms with Crippen molar-refractivity contribution in [1.82, 2.24) is 24.6 Å². The number of amides is 4. The second-order valence-electron chi connectivity index (χ2n) is 11.0.